The van der Waals surface area contributed by atoms with Gasteiger partial charge in [-0.05, 0) is 36.8 Å². The minimum absolute atomic E-state index is 0.0401. The molecule has 0 fully saturated rings. The lowest BCUT2D eigenvalue weighted by atomic mass is 10.1. The number of H-pyrrole nitrogens is 1. The number of carbonyl (C=O) groups is 2. The van der Waals surface area contributed by atoms with Crippen LogP contribution in [0.5, 0.6) is 5.75 Å². The Kier molecular flexibility index (Phi) is 5.30. The summed E-state index contributed by atoms with van der Waals surface area (Å²) in [5, 5.41) is 13.8. The third kappa shape index (κ3) is 3.86. The number of hydrogen-bond acceptors (Lipinski definition) is 3. The predicted octanol–water partition coefficient (Wildman–Crippen LogP) is 4.67. The Bertz CT molecular complexity index is 1060. The van der Waals surface area contributed by atoms with Gasteiger partial charge in [-0.25, -0.2) is 4.79 Å². The number of hydrogen-bond donors (Lipinski definition) is 3. The average Bonchev–Trinajstić information content (AvgIpc) is 2.96. The van der Waals surface area contributed by atoms with Crippen LogP contribution < -0.4 is 10.1 Å². The van der Waals surface area contributed by atoms with Gasteiger partial charge in [-0.1, -0.05) is 23.2 Å². The van der Waals surface area contributed by atoms with Gasteiger partial charge in [0.1, 0.15) is 11.4 Å². The fourth-order valence-electron chi connectivity index (χ4n) is 2.87. The van der Waals surface area contributed by atoms with Crippen LogP contribution in [0, 0.1) is 6.92 Å². The highest BCUT2D eigenvalue weighted by molar-refractivity contribution is 6.32. The molecule has 3 N–H and O–H groups in total. The van der Waals surface area contributed by atoms with Crippen molar-refractivity contribution in [3.63, 3.8) is 0 Å². The molecular formula is C19H16Cl2N2O4. The van der Waals surface area contributed by atoms with Gasteiger partial charge in [0.25, 0.3) is 0 Å². The van der Waals surface area contributed by atoms with E-state index in [1.54, 1.807) is 30.3 Å². The van der Waals surface area contributed by atoms with Gasteiger partial charge in [0.05, 0.1) is 19.2 Å². The first-order valence-corrected chi connectivity index (χ1v) is 8.73. The van der Waals surface area contributed by atoms with Gasteiger partial charge in [-0.2, -0.15) is 0 Å². The first kappa shape index (κ1) is 19.1. The van der Waals surface area contributed by atoms with Crippen molar-refractivity contribution >= 4 is 51.7 Å². The number of ether oxygens (including phenoxy) is 1. The molecule has 3 rings (SSSR count). The van der Waals surface area contributed by atoms with Crippen LogP contribution in [-0.2, 0) is 11.2 Å². The van der Waals surface area contributed by atoms with Crippen molar-refractivity contribution < 1.29 is 19.4 Å². The van der Waals surface area contributed by atoms with Crippen LogP contribution in [0.2, 0.25) is 10.0 Å². The number of carbonyl (C=O) groups excluding carboxylic acids is 1. The van der Waals surface area contributed by atoms with Crippen LogP contribution in [-0.4, -0.2) is 29.1 Å². The molecule has 1 amide bonds. The minimum atomic E-state index is -1.15. The zero-order valence-corrected chi connectivity index (χ0v) is 16.0. The Balaban J connectivity index is 1.95. The Hall–Kier alpha value is -2.70. The summed E-state index contributed by atoms with van der Waals surface area (Å²) in [7, 11) is 1.47. The molecule has 0 bridgehead atoms. The molecule has 0 radical (unpaired) electrons. The predicted molar refractivity (Wildman–Crippen MR) is 105 cm³/mol. The second-order valence-electron chi connectivity index (χ2n) is 6.00. The van der Waals surface area contributed by atoms with Crippen molar-refractivity contribution in [3.05, 3.63) is 57.2 Å². The van der Waals surface area contributed by atoms with Crippen LogP contribution in [0.15, 0.2) is 30.3 Å². The number of aromatic amines is 1. The molecule has 1 aromatic heterocycles. The SMILES string of the molecule is COc1cc(Cl)c(C)cc1NC(=O)Cc1c(C(=O)O)[nH]c2ccc(Cl)cc12. The molecule has 6 nitrogen and oxygen atoms in total. The molecule has 0 atom stereocenters. The summed E-state index contributed by atoms with van der Waals surface area (Å²) < 4.78 is 5.25. The van der Waals surface area contributed by atoms with Gasteiger partial charge in [-0.15, -0.1) is 0 Å². The van der Waals surface area contributed by atoms with E-state index in [2.05, 4.69) is 10.3 Å². The minimum Gasteiger partial charge on any atom is -0.495 e. The summed E-state index contributed by atoms with van der Waals surface area (Å²) in [6.07, 6.45) is -0.146. The topological polar surface area (TPSA) is 91.4 Å². The molecule has 0 spiro atoms. The van der Waals surface area contributed by atoms with E-state index >= 15 is 0 Å². The van der Waals surface area contributed by atoms with Gasteiger partial charge in [0.15, 0.2) is 0 Å². The molecule has 3 aromatic rings. The summed E-state index contributed by atoms with van der Waals surface area (Å²) in [6, 6.07) is 8.27. The number of halogens is 2. The number of aryl methyl sites for hydroxylation is 1. The fourth-order valence-corrected chi connectivity index (χ4v) is 3.20. The lowest BCUT2D eigenvalue weighted by Gasteiger charge is -2.12. The van der Waals surface area contributed by atoms with E-state index in [1.807, 2.05) is 6.92 Å². The van der Waals surface area contributed by atoms with Gasteiger partial charge in [-0.3, -0.25) is 4.79 Å². The second kappa shape index (κ2) is 7.50. The summed E-state index contributed by atoms with van der Waals surface area (Å²) in [4.78, 5) is 27.0. The Morgan fingerprint density at radius 1 is 1.22 bits per heavy atom. The molecular weight excluding hydrogens is 391 g/mol. The first-order chi connectivity index (χ1) is 12.8. The molecule has 27 heavy (non-hydrogen) atoms. The van der Waals surface area contributed by atoms with Crippen molar-refractivity contribution in [3.8, 4) is 5.75 Å². The van der Waals surface area contributed by atoms with E-state index in [9.17, 15) is 14.7 Å². The van der Waals surface area contributed by atoms with Crippen LogP contribution in [0.1, 0.15) is 21.6 Å². The van der Waals surface area contributed by atoms with Crippen LogP contribution in [0.25, 0.3) is 10.9 Å². The number of amides is 1. The van der Waals surface area contributed by atoms with Gasteiger partial charge in [0, 0.05) is 32.6 Å². The highest BCUT2D eigenvalue weighted by Crippen LogP contribution is 2.32. The fraction of sp³-hybridized carbons (Fsp3) is 0.158. The maximum Gasteiger partial charge on any atom is 0.352 e. The van der Waals surface area contributed by atoms with Crippen LogP contribution in [0.4, 0.5) is 5.69 Å². The molecule has 8 heteroatoms. The van der Waals surface area contributed by atoms with Crippen molar-refractivity contribution in [2.45, 2.75) is 13.3 Å². The molecule has 140 valence electrons. The number of carboxylic acid groups (broad SMARTS) is 1. The van der Waals surface area contributed by atoms with Crippen molar-refractivity contribution in [1.29, 1.82) is 0 Å². The number of aromatic nitrogens is 1. The number of anilines is 1. The summed E-state index contributed by atoms with van der Waals surface area (Å²) in [5.74, 6) is -1.12. The van der Waals surface area contributed by atoms with Crippen LogP contribution >= 0.6 is 23.2 Å². The zero-order chi connectivity index (χ0) is 19.7. The van der Waals surface area contributed by atoms with E-state index in [-0.39, 0.29) is 12.1 Å². The molecule has 0 aliphatic rings. The second-order valence-corrected chi connectivity index (χ2v) is 6.84. The van der Waals surface area contributed by atoms with E-state index in [0.717, 1.165) is 5.56 Å². The van der Waals surface area contributed by atoms with E-state index < -0.39 is 11.9 Å². The zero-order valence-electron chi connectivity index (χ0n) is 14.5. The third-order valence-corrected chi connectivity index (χ3v) is 4.82. The Morgan fingerprint density at radius 3 is 2.63 bits per heavy atom. The van der Waals surface area contributed by atoms with Crippen molar-refractivity contribution in [1.82, 2.24) is 4.98 Å². The summed E-state index contributed by atoms with van der Waals surface area (Å²) >= 11 is 12.1. The number of rotatable bonds is 5. The Labute approximate surface area is 165 Å². The number of benzene rings is 2. The maximum absolute atomic E-state index is 12.6. The number of aromatic carboxylic acids is 1. The van der Waals surface area contributed by atoms with Gasteiger partial charge in [0.2, 0.25) is 5.91 Å². The molecule has 1 heterocycles. The third-order valence-electron chi connectivity index (χ3n) is 4.17. The van der Waals surface area contributed by atoms with E-state index in [1.165, 1.54) is 7.11 Å². The highest BCUT2D eigenvalue weighted by Gasteiger charge is 2.20. The smallest absolute Gasteiger partial charge is 0.352 e. The molecule has 0 aliphatic carbocycles. The average molecular weight is 407 g/mol. The number of fused-ring (bicyclic) bond motifs is 1. The molecule has 0 aliphatic heterocycles. The van der Waals surface area contributed by atoms with Gasteiger partial charge < -0.3 is 20.1 Å². The molecule has 2 aromatic carbocycles. The molecule has 0 saturated carbocycles. The summed E-state index contributed by atoms with van der Waals surface area (Å²) in [6.45, 7) is 1.81. The monoisotopic (exact) mass is 406 g/mol. The largest absolute Gasteiger partial charge is 0.495 e. The van der Waals surface area contributed by atoms with E-state index in [0.29, 0.717) is 37.9 Å². The standard InChI is InChI=1S/C19H16Cl2N2O4/c1-9-5-15(16(27-2)8-13(9)21)22-17(24)7-12-11-6-10(20)3-4-14(11)23-18(12)19(25)26/h3-6,8,23H,7H2,1-2H3,(H,22,24)(H,25,26). The van der Waals surface area contributed by atoms with Crippen molar-refractivity contribution in [2.24, 2.45) is 0 Å². The summed E-state index contributed by atoms with van der Waals surface area (Å²) in [5.41, 5.74) is 2.15. The van der Waals surface area contributed by atoms with E-state index in [4.69, 9.17) is 27.9 Å². The maximum atomic E-state index is 12.6. The number of methoxy groups -OCH3 is 1. The van der Waals surface area contributed by atoms with Crippen LogP contribution in [0.3, 0.4) is 0 Å². The number of carboxylic acids is 1. The lowest BCUT2D eigenvalue weighted by Crippen LogP contribution is -2.16. The van der Waals surface area contributed by atoms with Gasteiger partial charge >= 0.3 is 5.97 Å². The Morgan fingerprint density at radius 2 is 1.96 bits per heavy atom. The highest BCUT2D eigenvalue weighted by atomic mass is 35.5. The molecule has 0 unspecified atom stereocenters. The quantitative estimate of drug-likeness (QED) is 0.573. The van der Waals surface area contributed by atoms with Crippen molar-refractivity contribution in [2.75, 3.05) is 12.4 Å². The normalized spacial score (nSPS) is 10.8. The lowest BCUT2D eigenvalue weighted by molar-refractivity contribution is -0.115. The molecule has 0 saturated heterocycles. The number of nitrogens with one attached hydrogen (secondary N) is 2. The first-order valence-electron chi connectivity index (χ1n) is 7.97.